The highest BCUT2D eigenvalue weighted by Gasteiger charge is 2.18. The highest BCUT2D eigenvalue weighted by atomic mass is 16.1. The first-order valence-corrected chi connectivity index (χ1v) is 8.18. The third kappa shape index (κ3) is 4.39. The first-order valence-electron chi connectivity index (χ1n) is 8.18. The Morgan fingerprint density at radius 1 is 1.22 bits per heavy atom. The first-order chi connectivity index (χ1) is 11.2. The van der Waals surface area contributed by atoms with Gasteiger partial charge >= 0.3 is 0 Å². The lowest BCUT2D eigenvalue weighted by Crippen LogP contribution is -2.36. The molecule has 1 unspecified atom stereocenters. The Hall–Kier alpha value is -2.20. The van der Waals surface area contributed by atoms with Gasteiger partial charge in [0, 0.05) is 44.5 Å². The van der Waals surface area contributed by atoms with E-state index in [-0.39, 0.29) is 11.9 Å². The van der Waals surface area contributed by atoms with E-state index in [1.165, 1.54) is 11.1 Å². The molecule has 23 heavy (non-hydrogen) atoms. The van der Waals surface area contributed by atoms with Crippen molar-refractivity contribution >= 4 is 5.91 Å². The molecule has 1 N–H and O–H groups in total. The molecular weight excluding hydrogens is 286 g/mol. The number of pyridine rings is 1. The average molecular weight is 309 g/mol. The summed E-state index contributed by atoms with van der Waals surface area (Å²) in [5.74, 6) is 0.123. The molecule has 0 aliphatic carbocycles. The van der Waals surface area contributed by atoms with Gasteiger partial charge < -0.3 is 5.32 Å². The zero-order valence-electron chi connectivity index (χ0n) is 13.5. The molecule has 1 aromatic carbocycles. The number of nitrogens with one attached hydrogen (secondary N) is 1. The maximum atomic E-state index is 12.1. The van der Waals surface area contributed by atoms with E-state index in [0.29, 0.717) is 6.42 Å². The van der Waals surface area contributed by atoms with Crippen molar-refractivity contribution in [3.05, 3.63) is 65.5 Å². The molecule has 0 fully saturated rings. The second-order valence-electron chi connectivity index (χ2n) is 6.26. The number of aromatic nitrogens is 1. The summed E-state index contributed by atoms with van der Waals surface area (Å²) in [5.41, 5.74) is 3.92. The van der Waals surface area contributed by atoms with Gasteiger partial charge in [-0.05, 0) is 36.1 Å². The van der Waals surface area contributed by atoms with Crippen LogP contribution in [0, 0.1) is 0 Å². The van der Waals surface area contributed by atoms with Gasteiger partial charge in [0.15, 0.2) is 0 Å². The van der Waals surface area contributed by atoms with Crippen LogP contribution in [0.3, 0.4) is 0 Å². The Kier molecular flexibility index (Phi) is 5.03. The summed E-state index contributed by atoms with van der Waals surface area (Å²) in [7, 11) is 0. The Balaban J connectivity index is 1.40. The Morgan fingerprint density at radius 3 is 2.61 bits per heavy atom. The van der Waals surface area contributed by atoms with E-state index in [4.69, 9.17) is 0 Å². The van der Waals surface area contributed by atoms with Crippen LogP contribution in [-0.2, 0) is 24.3 Å². The molecule has 1 aliphatic heterocycles. The monoisotopic (exact) mass is 309 g/mol. The normalized spacial score (nSPS) is 15.2. The van der Waals surface area contributed by atoms with E-state index in [1.54, 1.807) is 6.20 Å². The lowest BCUT2D eigenvalue weighted by molar-refractivity contribution is -0.122. The number of carbonyl (C=O) groups is 1. The molecule has 3 rings (SSSR count). The smallest absolute Gasteiger partial charge is 0.221 e. The highest BCUT2D eigenvalue weighted by molar-refractivity contribution is 5.76. The predicted molar refractivity (Wildman–Crippen MR) is 90.7 cm³/mol. The molecule has 0 bridgehead atoms. The minimum absolute atomic E-state index is 0.123. The fourth-order valence-corrected chi connectivity index (χ4v) is 3.09. The second kappa shape index (κ2) is 7.38. The lowest BCUT2D eigenvalue weighted by atomic mass is 10.1. The number of carbonyl (C=O) groups excluding carboxylic acids is 1. The van der Waals surface area contributed by atoms with E-state index in [1.807, 2.05) is 25.3 Å². The Bertz CT molecular complexity index is 632. The summed E-state index contributed by atoms with van der Waals surface area (Å²) in [6.07, 6.45) is 4.98. The number of amides is 1. The summed E-state index contributed by atoms with van der Waals surface area (Å²) in [4.78, 5) is 18.6. The molecule has 1 amide bonds. The summed E-state index contributed by atoms with van der Waals surface area (Å²) >= 11 is 0. The van der Waals surface area contributed by atoms with Gasteiger partial charge in [0.1, 0.15) is 0 Å². The van der Waals surface area contributed by atoms with Crippen LogP contribution in [0.5, 0.6) is 0 Å². The van der Waals surface area contributed by atoms with Crippen LogP contribution in [-0.4, -0.2) is 28.4 Å². The molecule has 0 radical (unpaired) electrons. The van der Waals surface area contributed by atoms with Gasteiger partial charge in [0.2, 0.25) is 5.91 Å². The van der Waals surface area contributed by atoms with Gasteiger partial charge in [-0.1, -0.05) is 30.3 Å². The molecule has 2 heterocycles. The van der Waals surface area contributed by atoms with Crippen LogP contribution in [0.2, 0.25) is 0 Å². The molecule has 0 saturated heterocycles. The van der Waals surface area contributed by atoms with E-state index >= 15 is 0 Å². The second-order valence-corrected chi connectivity index (χ2v) is 6.26. The average Bonchev–Trinajstić information content (AvgIpc) is 2.96. The molecule has 2 aromatic rings. The number of hydrogen-bond acceptors (Lipinski definition) is 3. The minimum atomic E-state index is 0.123. The third-order valence-electron chi connectivity index (χ3n) is 4.23. The van der Waals surface area contributed by atoms with E-state index in [0.717, 1.165) is 31.6 Å². The quantitative estimate of drug-likeness (QED) is 0.892. The predicted octanol–water partition coefficient (Wildman–Crippen LogP) is 2.53. The van der Waals surface area contributed by atoms with Crippen molar-refractivity contribution in [1.82, 2.24) is 15.2 Å². The van der Waals surface area contributed by atoms with Crippen LogP contribution in [0.25, 0.3) is 0 Å². The molecule has 1 aliphatic rings. The number of nitrogens with zero attached hydrogens (tertiary/aromatic N) is 2. The van der Waals surface area contributed by atoms with E-state index in [2.05, 4.69) is 39.5 Å². The van der Waals surface area contributed by atoms with E-state index < -0.39 is 0 Å². The maximum absolute atomic E-state index is 12.1. The lowest BCUT2D eigenvalue weighted by Gasteiger charge is -2.17. The number of rotatable bonds is 6. The SMILES string of the molecule is CC(Cc1cccnc1)NC(=O)CCN1Cc2ccccc2C1. The van der Waals surface area contributed by atoms with Crippen molar-refractivity contribution in [3.8, 4) is 0 Å². The van der Waals surface area contributed by atoms with Crippen molar-refractivity contribution in [2.75, 3.05) is 6.54 Å². The molecule has 0 spiro atoms. The largest absolute Gasteiger partial charge is 0.353 e. The van der Waals surface area contributed by atoms with Gasteiger partial charge in [0.25, 0.3) is 0 Å². The van der Waals surface area contributed by atoms with Crippen molar-refractivity contribution in [3.63, 3.8) is 0 Å². The number of fused-ring (bicyclic) bond motifs is 1. The van der Waals surface area contributed by atoms with Gasteiger partial charge in [-0.3, -0.25) is 14.7 Å². The van der Waals surface area contributed by atoms with Crippen LogP contribution >= 0.6 is 0 Å². The van der Waals surface area contributed by atoms with Crippen molar-refractivity contribution in [2.24, 2.45) is 0 Å². The van der Waals surface area contributed by atoms with Gasteiger partial charge in [-0.25, -0.2) is 0 Å². The summed E-state index contributed by atoms with van der Waals surface area (Å²) in [5, 5.41) is 3.08. The summed E-state index contributed by atoms with van der Waals surface area (Å²) in [6.45, 7) is 4.75. The maximum Gasteiger partial charge on any atom is 0.221 e. The zero-order chi connectivity index (χ0) is 16.1. The first kappa shape index (κ1) is 15.7. The highest BCUT2D eigenvalue weighted by Crippen LogP contribution is 2.21. The van der Waals surface area contributed by atoms with Gasteiger partial charge in [0.05, 0.1) is 0 Å². The summed E-state index contributed by atoms with van der Waals surface area (Å²) in [6, 6.07) is 12.6. The minimum Gasteiger partial charge on any atom is -0.353 e. The fourth-order valence-electron chi connectivity index (χ4n) is 3.09. The van der Waals surface area contributed by atoms with Crippen molar-refractivity contribution in [2.45, 2.75) is 38.9 Å². The molecule has 0 saturated carbocycles. The molecule has 1 atom stereocenters. The summed E-state index contributed by atoms with van der Waals surface area (Å²) < 4.78 is 0. The fraction of sp³-hybridized carbons (Fsp3) is 0.368. The molecule has 4 nitrogen and oxygen atoms in total. The van der Waals surface area contributed by atoms with Crippen LogP contribution in [0.4, 0.5) is 0 Å². The Morgan fingerprint density at radius 2 is 1.96 bits per heavy atom. The standard InChI is InChI=1S/C19H23N3O/c1-15(11-16-5-4-9-20-12-16)21-19(23)8-10-22-13-17-6-2-3-7-18(17)14-22/h2-7,9,12,15H,8,10-11,13-14H2,1H3,(H,21,23). The molecule has 120 valence electrons. The Labute approximate surface area is 137 Å². The van der Waals surface area contributed by atoms with Gasteiger partial charge in [-0.15, -0.1) is 0 Å². The number of benzene rings is 1. The number of hydrogen-bond donors (Lipinski definition) is 1. The third-order valence-corrected chi connectivity index (χ3v) is 4.23. The van der Waals surface area contributed by atoms with Crippen LogP contribution < -0.4 is 5.32 Å². The zero-order valence-corrected chi connectivity index (χ0v) is 13.5. The molecule has 4 heteroatoms. The van der Waals surface area contributed by atoms with Crippen LogP contribution in [0.15, 0.2) is 48.8 Å². The van der Waals surface area contributed by atoms with Crippen molar-refractivity contribution < 1.29 is 4.79 Å². The van der Waals surface area contributed by atoms with Crippen molar-refractivity contribution in [1.29, 1.82) is 0 Å². The molecular formula is C19H23N3O. The van der Waals surface area contributed by atoms with Crippen LogP contribution in [0.1, 0.15) is 30.0 Å². The van der Waals surface area contributed by atoms with Gasteiger partial charge in [-0.2, -0.15) is 0 Å². The van der Waals surface area contributed by atoms with E-state index in [9.17, 15) is 4.79 Å². The topological polar surface area (TPSA) is 45.2 Å². The molecule has 1 aromatic heterocycles.